The fourth-order valence-corrected chi connectivity index (χ4v) is 9.26. The van der Waals surface area contributed by atoms with E-state index < -0.39 is 25.7 Å². The summed E-state index contributed by atoms with van der Waals surface area (Å²) in [5, 5.41) is 0. The molecule has 1 atom stereocenters. The molecule has 0 spiro atoms. The largest absolute Gasteiger partial charge is 0.398 e. The predicted molar refractivity (Wildman–Crippen MR) is 199 cm³/mol. The van der Waals surface area contributed by atoms with Gasteiger partial charge < -0.3 is 40.8 Å². The molecule has 1 saturated heterocycles. The molecule has 1 aliphatic heterocycles. The summed E-state index contributed by atoms with van der Waals surface area (Å²) in [6.07, 6.45) is 15.0. The summed E-state index contributed by atoms with van der Waals surface area (Å²) in [4.78, 5) is 0. The van der Waals surface area contributed by atoms with Crippen molar-refractivity contribution in [2.75, 3.05) is 74.7 Å². The highest BCUT2D eigenvalue weighted by atomic mass is 28.4. The van der Waals surface area contributed by atoms with Gasteiger partial charge in [0.2, 0.25) is 0 Å². The Hall–Kier alpha value is 0.291. The minimum atomic E-state index is -1.99. The second-order valence-electron chi connectivity index (χ2n) is 12.6. The summed E-state index contributed by atoms with van der Waals surface area (Å²) >= 11 is 0. The zero-order chi connectivity index (χ0) is 35.0. The molecule has 12 heteroatoms. The predicted octanol–water partition coefficient (Wildman–Crippen LogP) is 8.99. The maximum absolute atomic E-state index is 6.00. The van der Waals surface area contributed by atoms with Gasteiger partial charge in [-0.1, -0.05) is 78.6 Å². The molecule has 0 aromatic carbocycles. The lowest BCUT2D eigenvalue weighted by molar-refractivity contribution is 0.113. The molecule has 0 aliphatic carbocycles. The number of unbranched alkanes of at least 4 members (excludes halogenated alkanes) is 8. The van der Waals surface area contributed by atoms with Crippen LogP contribution in [0.4, 0.5) is 0 Å². The smallest absolute Gasteiger partial charge is 0.337 e. The van der Waals surface area contributed by atoms with Crippen LogP contribution < -0.4 is 0 Å². The summed E-state index contributed by atoms with van der Waals surface area (Å²) in [5.41, 5.74) is 0. The summed E-state index contributed by atoms with van der Waals surface area (Å²) < 4.78 is 49.6. The van der Waals surface area contributed by atoms with Crippen LogP contribution in [0.25, 0.3) is 0 Å². The van der Waals surface area contributed by atoms with Gasteiger partial charge in [-0.2, -0.15) is 0 Å². The SMILES string of the molecule is CCCCCC[Si](C)(OC)OC.CCCCO[Si](C)(CCOCC)OCCCC.CO[Si](C)(CCCCCCOCC1CO1)OC. The van der Waals surface area contributed by atoms with Gasteiger partial charge in [-0.15, -0.1) is 0 Å². The van der Waals surface area contributed by atoms with Crippen LogP contribution in [0.3, 0.4) is 0 Å². The van der Waals surface area contributed by atoms with Crippen LogP contribution in [-0.2, 0) is 40.8 Å². The molecule has 0 aromatic heterocycles. The van der Waals surface area contributed by atoms with Crippen LogP contribution >= 0.6 is 0 Å². The standard InChI is InChI=1S/C13H30O3Si.C12H26O4Si.C9H22O2Si/c1-5-8-10-15-17(4,13-12-14-7-3)16-11-9-6-2;1-13-17(3,14-2)9-7-5-4-6-8-15-10-12-11-16-12;1-5-6-7-8-9-12(4,10-2)11-3/h5-13H2,1-4H3;12H,4-11H2,1-3H3;5-9H2,1-4H3. The van der Waals surface area contributed by atoms with E-state index in [0.29, 0.717) is 6.10 Å². The average Bonchev–Trinajstić information content (AvgIpc) is 3.90. The van der Waals surface area contributed by atoms with Gasteiger partial charge in [0.15, 0.2) is 0 Å². The summed E-state index contributed by atoms with van der Waals surface area (Å²) in [7, 11) is 1.47. The molecule has 1 heterocycles. The van der Waals surface area contributed by atoms with Crippen molar-refractivity contribution in [3.8, 4) is 0 Å². The molecule has 0 aromatic rings. The Bertz CT molecular complexity index is 596. The molecule has 9 nitrogen and oxygen atoms in total. The molecule has 1 rings (SSSR count). The molecular weight excluding hydrogens is 637 g/mol. The summed E-state index contributed by atoms with van der Waals surface area (Å²) in [5.74, 6) is 0. The molecule has 1 unspecified atom stereocenters. The van der Waals surface area contributed by atoms with Crippen LogP contribution in [0, 0.1) is 0 Å². The lowest BCUT2D eigenvalue weighted by Gasteiger charge is -2.27. The fourth-order valence-electron chi connectivity index (χ4n) is 4.28. The third-order valence-corrected chi connectivity index (χ3v) is 17.0. The minimum absolute atomic E-state index is 0.394. The van der Waals surface area contributed by atoms with Gasteiger partial charge in [-0.05, 0) is 57.9 Å². The molecule has 0 saturated carbocycles. The molecule has 1 aliphatic rings. The third kappa shape index (κ3) is 30.4. The average molecular weight is 715 g/mol. The molecule has 0 N–H and O–H groups in total. The van der Waals surface area contributed by atoms with Crippen LogP contribution in [0.5, 0.6) is 0 Å². The van der Waals surface area contributed by atoms with Crippen LogP contribution in [0.1, 0.15) is 105 Å². The van der Waals surface area contributed by atoms with Gasteiger partial charge in [0.05, 0.1) is 13.2 Å². The quantitative estimate of drug-likeness (QED) is 0.0411. The van der Waals surface area contributed by atoms with E-state index in [9.17, 15) is 0 Å². The molecule has 0 bridgehead atoms. The van der Waals surface area contributed by atoms with Crippen molar-refractivity contribution in [3.05, 3.63) is 0 Å². The molecule has 46 heavy (non-hydrogen) atoms. The Labute approximate surface area is 289 Å². The third-order valence-electron chi connectivity index (χ3n) is 8.30. The first-order valence-corrected chi connectivity index (χ1v) is 25.9. The Morgan fingerprint density at radius 3 is 1.37 bits per heavy atom. The summed E-state index contributed by atoms with van der Waals surface area (Å²) in [6.45, 7) is 20.7. The van der Waals surface area contributed by atoms with Crippen molar-refractivity contribution in [1.82, 2.24) is 0 Å². The second kappa shape index (κ2) is 32.5. The van der Waals surface area contributed by atoms with Crippen molar-refractivity contribution in [1.29, 1.82) is 0 Å². The van der Waals surface area contributed by atoms with Crippen LogP contribution in [0.15, 0.2) is 0 Å². The van der Waals surface area contributed by atoms with Crippen LogP contribution in [0.2, 0.25) is 37.8 Å². The molecular formula is C34H78O9Si3. The van der Waals surface area contributed by atoms with Gasteiger partial charge in [0.1, 0.15) is 6.10 Å². The normalized spacial score (nSPS) is 14.8. The van der Waals surface area contributed by atoms with Crippen molar-refractivity contribution >= 4 is 25.7 Å². The highest BCUT2D eigenvalue weighted by Crippen LogP contribution is 2.18. The van der Waals surface area contributed by atoms with Crippen LogP contribution in [-0.4, -0.2) is 106 Å². The first-order valence-electron chi connectivity index (χ1n) is 18.3. The Balaban J connectivity index is 0. The minimum Gasteiger partial charge on any atom is -0.398 e. The van der Waals surface area contributed by atoms with Crippen molar-refractivity contribution in [2.45, 2.75) is 149 Å². The number of ether oxygens (including phenoxy) is 3. The molecule has 280 valence electrons. The van der Waals surface area contributed by atoms with Gasteiger partial charge in [-0.3, -0.25) is 0 Å². The maximum atomic E-state index is 6.00. The van der Waals surface area contributed by atoms with Gasteiger partial charge in [0, 0.05) is 67.5 Å². The van der Waals surface area contributed by atoms with E-state index in [1.165, 1.54) is 57.8 Å². The second-order valence-corrected chi connectivity index (χ2v) is 23.1. The van der Waals surface area contributed by atoms with Crippen molar-refractivity contribution in [3.63, 3.8) is 0 Å². The number of rotatable bonds is 30. The van der Waals surface area contributed by atoms with Gasteiger partial charge >= 0.3 is 25.7 Å². The van der Waals surface area contributed by atoms with E-state index in [4.69, 9.17) is 40.8 Å². The number of hydrogen-bond acceptors (Lipinski definition) is 9. The van der Waals surface area contributed by atoms with Crippen molar-refractivity contribution < 1.29 is 40.8 Å². The van der Waals surface area contributed by atoms with E-state index in [1.807, 2.05) is 6.92 Å². The zero-order valence-corrected chi connectivity index (χ0v) is 35.3. The van der Waals surface area contributed by atoms with Gasteiger partial charge in [-0.25, -0.2) is 0 Å². The van der Waals surface area contributed by atoms with E-state index >= 15 is 0 Å². The van der Waals surface area contributed by atoms with Crippen molar-refractivity contribution in [2.24, 2.45) is 0 Å². The monoisotopic (exact) mass is 714 g/mol. The molecule has 0 amide bonds. The number of epoxide rings is 1. The Kier molecular flexibility index (Phi) is 34.2. The highest BCUT2D eigenvalue weighted by Gasteiger charge is 2.31. The maximum Gasteiger partial charge on any atom is 0.337 e. The lowest BCUT2D eigenvalue weighted by atomic mass is 10.2. The zero-order valence-electron chi connectivity index (χ0n) is 32.3. The van der Waals surface area contributed by atoms with E-state index in [-0.39, 0.29) is 0 Å². The topological polar surface area (TPSA) is 86.4 Å². The fraction of sp³-hybridized carbons (Fsp3) is 1.00. The lowest BCUT2D eigenvalue weighted by Crippen LogP contribution is -2.40. The number of hydrogen-bond donors (Lipinski definition) is 0. The van der Waals surface area contributed by atoms with E-state index in [1.54, 1.807) is 28.4 Å². The van der Waals surface area contributed by atoms with E-state index in [0.717, 1.165) is 83.6 Å². The first-order chi connectivity index (χ1) is 22.1. The Morgan fingerprint density at radius 1 is 0.500 bits per heavy atom. The van der Waals surface area contributed by atoms with E-state index in [2.05, 4.69) is 40.4 Å². The first kappa shape index (κ1) is 48.4. The molecule has 0 radical (unpaired) electrons. The highest BCUT2D eigenvalue weighted by molar-refractivity contribution is 6.66. The molecule has 1 fully saturated rings. The van der Waals surface area contributed by atoms with Gasteiger partial charge in [0.25, 0.3) is 0 Å². The summed E-state index contributed by atoms with van der Waals surface area (Å²) in [6, 6.07) is 3.14. The Morgan fingerprint density at radius 2 is 0.957 bits per heavy atom.